The number of aromatic nitrogens is 1. The van der Waals surface area contributed by atoms with Gasteiger partial charge < -0.3 is 14.9 Å². The van der Waals surface area contributed by atoms with Crippen LogP contribution in [0.3, 0.4) is 0 Å². The molecule has 0 bridgehead atoms. The minimum atomic E-state index is -0.160. The number of ether oxygens (including phenoxy) is 1. The van der Waals surface area contributed by atoms with Crippen LogP contribution in [-0.4, -0.2) is 21.3 Å². The van der Waals surface area contributed by atoms with Gasteiger partial charge in [0, 0.05) is 17.0 Å². The quantitative estimate of drug-likeness (QED) is 0.690. The minimum absolute atomic E-state index is 0.152. The fraction of sp³-hybridized carbons (Fsp3) is 0.250. The van der Waals surface area contributed by atoms with Gasteiger partial charge in [-0.25, -0.2) is 4.98 Å². The third kappa shape index (κ3) is 2.64. The molecule has 0 aliphatic heterocycles. The van der Waals surface area contributed by atoms with Crippen molar-refractivity contribution in [2.45, 2.75) is 31.8 Å². The second-order valence-corrected chi connectivity index (χ2v) is 6.22. The maximum atomic E-state index is 10.2. The van der Waals surface area contributed by atoms with Gasteiger partial charge in [0.15, 0.2) is 11.5 Å². The summed E-state index contributed by atoms with van der Waals surface area (Å²) in [5.41, 5.74) is 1.90. The van der Waals surface area contributed by atoms with Crippen molar-refractivity contribution in [2.24, 2.45) is 0 Å². The van der Waals surface area contributed by atoms with Crippen LogP contribution in [0.1, 0.15) is 25.7 Å². The molecule has 4 nitrogen and oxygen atoms in total. The lowest BCUT2D eigenvalue weighted by molar-refractivity contribution is 0.213. The van der Waals surface area contributed by atoms with E-state index in [-0.39, 0.29) is 17.6 Å². The third-order valence-corrected chi connectivity index (χ3v) is 4.56. The number of pyridine rings is 1. The molecule has 1 heterocycles. The number of aromatic hydroxyl groups is 2. The van der Waals surface area contributed by atoms with Crippen molar-refractivity contribution in [1.82, 2.24) is 4.98 Å². The van der Waals surface area contributed by atoms with E-state index in [0.29, 0.717) is 11.3 Å². The Morgan fingerprint density at radius 1 is 0.958 bits per heavy atom. The summed E-state index contributed by atoms with van der Waals surface area (Å²) >= 11 is 0. The van der Waals surface area contributed by atoms with E-state index in [1.807, 2.05) is 30.3 Å². The highest BCUT2D eigenvalue weighted by Gasteiger charge is 2.19. The van der Waals surface area contributed by atoms with E-state index in [0.717, 1.165) is 29.5 Å². The minimum Gasteiger partial charge on any atom is -0.504 e. The molecule has 0 saturated heterocycles. The Hall–Kier alpha value is -2.75. The number of hydrogen-bond acceptors (Lipinski definition) is 4. The molecule has 1 fully saturated rings. The largest absolute Gasteiger partial charge is 0.504 e. The molecular weight excluding hydrogens is 302 g/mol. The van der Waals surface area contributed by atoms with E-state index >= 15 is 0 Å². The molecule has 0 radical (unpaired) electrons. The number of hydrogen-bond donors (Lipinski definition) is 2. The van der Waals surface area contributed by atoms with E-state index < -0.39 is 0 Å². The number of fused-ring (bicyclic) bond motifs is 1. The number of benzene rings is 2. The Morgan fingerprint density at radius 2 is 1.75 bits per heavy atom. The number of nitrogens with zero attached hydrogens (tertiary/aromatic N) is 1. The average Bonchev–Trinajstić information content (AvgIpc) is 3.10. The van der Waals surface area contributed by atoms with E-state index in [1.165, 1.54) is 18.9 Å². The third-order valence-electron chi connectivity index (χ3n) is 4.56. The summed E-state index contributed by atoms with van der Waals surface area (Å²) in [6.45, 7) is 0. The molecule has 1 saturated carbocycles. The van der Waals surface area contributed by atoms with E-state index in [4.69, 9.17) is 4.74 Å². The number of phenolic OH excluding ortho intramolecular Hbond substituents is 2. The predicted molar refractivity (Wildman–Crippen MR) is 93.4 cm³/mol. The highest BCUT2D eigenvalue weighted by atomic mass is 16.5. The molecule has 3 aromatic rings. The van der Waals surface area contributed by atoms with Crippen molar-refractivity contribution in [3.8, 4) is 28.5 Å². The van der Waals surface area contributed by atoms with Crippen molar-refractivity contribution in [1.29, 1.82) is 0 Å². The summed E-state index contributed by atoms with van der Waals surface area (Å²) in [6.07, 6.45) is 4.79. The van der Waals surface area contributed by atoms with Gasteiger partial charge in [0.2, 0.25) is 0 Å². The highest BCUT2D eigenvalue weighted by Crippen LogP contribution is 2.39. The van der Waals surface area contributed by atoms with Crippen LogP contribution in [0.5, 0.6) is 17.2 Å². The molecule has 0 atom stereocenters. The van der Waals surface area contributed by atoms with Gasteiger partial charge in [-0.3, -0.25) is 0 Å². The monoisotopic (exact) mass is 321 g/mol. The zero-order valence-electron chi connectivity index (χ0n) is 13.3. The number of phenols is 2. The Bertz CT molecular complexity index is 885. The standard InChI is InChI=1S/C20H19NO3/c22-18-11-5-9-15(20(18)23)17-12-19(24-13-6-1-2-7-13)14-8-3-4-10-16(14)21-17/h3-5,8-13,22-23H,1-2,6-7H2. The molecule has 1 aromatic heterocycles. The molecule has 0 amide bonds. The maximum absolute atomic E-state index is 10.2. The molecule has 4 rings (SSSR count). The molecular formula is C20H19NO3. The smallest absolute Gasteiger partial charge is 0.167 e. The first-order valence-electron chi connectivity index (χ1n) is 8.30. The van der Waals surface area contributed by atoms with Gasteiger partial charge in [0.05, 0.1) is 17.3 Å². The zero-order chi connectivity index (χ0) is 16.5. The van der Waals surface area contributed by atoms with Crippen LogP contribution < -0.4 is 4.74 Å². The first-order valence-corrected chi connectivity index (χ1v) is 8.30. The van der Waals surface area contributed by atoms with Gasteiger partial charge >= 0.3 is 0 Å². The molecule has 24 heavy (non-hydrogen) atoms. The Balaban J connectivity index is 1.85. The Labute approximate surface area is 140 Å². The Kier molecular flexibility index (Phi) is 3.73. The fourth-order valence-electron chi connectivity index (χ4n) is 3.30. The van der Waals surface area contributed by atoms with Gasteiger partial charge in [-0.2, -0.15) is 0 Å². The highest BCUT2D eigenvalue weighted by molar-refractivity contribution is 5.88. The number of rotatable bonds is 3. The van der Waals surface area contributed by atoms with Crippen molar-refractivity contribution in [2.75, 3.05) is 0 Å². The van der Waals surface area contributed by atoms with Gasteiger partial charge in [0.1, 0.15) is 5.75 Å². The molecule has 0 spiro atoms. The molecule has 4 heteroatoms. The lowest BCUT2D eigenvalue weighted by Gasteiger charge is -2.16. The van der Waals surface area contributed by atoms with Crippen LogP contribution in [0.15, 0.2) is 48.5 Å². The van der Waals surface area contributed by atoms with Crippen LogP contribution in [-0.2, 0) is 0 Å². The van der Waals surface area contributed by atoms with Gasteiger partial charge in [-0.1, -0.05) is 18.2 Å². The average molecular weight is 321 g/mol. The van der Waals surface area contributed by atoms with Gasteiger partial charge in [0.25, 0.3) is 0 Å². The molecule has 2 N–H and O–H groups in total. The predicted octanol–water partition coefficient (Wildman–Crippen LogP) is 4.63. The maximum Gasteiger partial charge on any atom is 0.167 e. The zero-order valence-corrected chi connectivity index (χ0v) is 13.3. The molecule has 122 valence electrons. The topological polar surface area (TPSA) is 62.6 Å². The van der Waals surface area contributed by atoms with Gasteiger partial charge in [-0.05, 0) is 49.9 Å². The first-order chi connectivity index (χ1) is 11.7. The van der Waals surface area contributed by atoms with Crippen LogP contribution in [0.2, 0.25) is 0 Å². The fourth-order valence-corrected chi connectivity index (χ4v) is 3.30. The van der Waals surface area contributed by atoms with E-state index in [2.05, 4.69) is 4.98 Å². The summed E-state index contributed by atoms with van der Waals surface area (Å²) in [5.74, 6) is 0.470. The summed E-state index contributed by atoms with van der Waals surface area (Å²) < 4.78 is 6.24. The van der Waals surface area contributed by atoms with Crippen LogP contribution in [0, 0.1) is 0 Å². The summed E-state index contributed by atoms with van der Waals surface area (Å²) in [4.78, 5) is 4.63. The van der Waals surface area contributed by atoms with Crippen molar-refractivity contribution in [3.05, 3.63) is 48.5 Å². The van der Waals surface area contributed by atoms with Gasteiger partial charge in [-0.15, -0.1) is 0 Å². The summed E-state index contributed by atoms with van der Waals surface area (Å²) in [7, 11) is 0. The molecule has 1 aliphatic rings. The molecule has 2 aromatic carbocycles. The van der Waals surface area contributed by atoms with Crippen LogP contribution in [0.4, 0.5) is 0 Å². The van der Waals surface area contributed by atoms with Crippen LogP contribution in [0.25, 0.3) is 22.2 Å². The first kappa shape index (κ1) is 14.8. The van der Waals surface area contributed by atoms with E-state index in [9.17, 15) is 10.2 Å². The SMILES string of the molecule is Oc1cccc(-c2cc(OC3CCCC3)c3ccccc3n2)c1O. The number of para-hydroxylation sites is 2. The molecule has 0 unspecified atom stereocenters. The summed E-state index contributed by atoms with van der Waals surface area (Å²) in [5, 5.41) is 20.9. The van der Waals surface area contributed by atoms with E-state index in [1.54, 1.807) is 12.1 Å². The lowest BCUT2D eigenvalue weighted by atomic mass is 10.1. The normalized spacial score (nSPS) is 15.0. The van der Waals surface area contributed by atoms with Crippen molar-refractivity contribution in [3.63, 3.8) is 0 Å². The van der Waals surface area contributed by atoms with Crippen LogP contribution >= 0.6 is 0 Å². The second kappa shape index (κ2) is 6.04. The van der Waals surface area contributed by atoms with Crippen molar-refractivity contribution >= 4 is 10.9 Å². The summed E-state index contributed by atoms with van der Waals surface area (Å²) in [6, 6.07) is 14.6. The Morgan fingerprint density at radius 3 is 2.58 bits per heavy atom. The lowest BCUT2D eigenvalue weighted by Crippen LogP contribution is -2.11. The van der Waals surface area contributed by atoms with Crippen molar-refractivity contribution < 1.29 is 14.9 Å². The second-order valence-electron chi connectivity index (χ2n) is 6.22. The molecule has 1 aliphatic carbocycles.